The van der Waals surface area contributed by atoms with E-state index in [-0.39, 0.29) is 6.04 Å². The van der Waals surface area contributed by atoms with Crippen LogP contribution in [0.25, 0.3) is 0 Å². The van der Waals surface area contributed by atoms with E-state index in [4.69, 9.17) is 4.74 Å². The average molecular weight is 334 g/mol. The molecule has 0 amide bonds. The molecule has 25 heavy (non-hydrogen) atoms. The molecule has 0 aromatic heterocycles. The van der Waals surface area contributed by atoms with E-state index < -0.39 is 0 Å². The molecule has 4 nitrogen and oxygen atoms in total. The Kier molecular flexibility index (Phi) is 5.55. The van der Waals surface area contributed by atoms with Crippen LogP contribution >= 0.6 is 0 Å². The summed E-state index contributed by atoms with van der Waals surface area (Å²) in [5.41, 5.74) is 2.16. The van der Waals surface area contributed by atoms with E-state index >= 15 is 0 Å². The monoisotopic (exact) mass is 334 g/mol. The fourth-order valence-electron chi connectivity index (χ4n) is 2.91. The fourth-order valence-corrected chi connectivity index (χ4v) is 2.91. The number of carbonyl (C=O) groups excluding carboxylic acids is 1. The molecule has 0 unspecified atom stereocenters. The van der Waals surface area contributed by atoms with E-state index in [9.17, 15) is 4.79 Å². The quantitative estimate of drug-likeness (QED) is 0.614. The average Bonchev–Trinajstić information content (AvgIpc) is 3.07. The van der Waals surface area contributed by atoms with Crippen molar-refractivity contribution in [3.63, 3.8) is 0 Å². The van der Waals surface area contributed by atoms with Crippen LogP contribution < -0.4 is 5.32 Å². The maximum absolute atomic E-state index is 11.5. The van der Waals surface area contributed by atoms with Crippen LogP contribution in [0.3, 0.4) is 0 Å². The Morgan fingerprint density at radius 3 is 2.16 bits per heavy atom. The van der Waals surface area contributed by atoms with Gasteiger partial charge in [0, 0.05) is 0 Å². The summed E-state index contributed by atoms with van der Waals surface area (Å²) in [5, 5.41) is 2.99. The van der Waals surface area contributed by atoms with Crippen molar-refractivity contribution in [1.29, 1.82) is 0 Å². The first-order valence-corrected chi connectivity index (χ1v) is 8.59. The summed E-state index contributed by atoms with van der Waals surface area (Å²) < 4.78 is 5.94. The van der Waals surface area contributed by atoms with Crippen LogP contribution in [-0.4, -0.2) is 17.4 Å². The van der Waals surface area contributed by atoms with E-state index in [0.29, 0.717) is 18.3 Å². The van der Waals surface area contributed by atoms with Crippen molar-refractivity contribution in [3.8, 4) is 0 Å². The molecule has 0 radical (unpaired) electrons. The van der Waals surface area contributed by atoms with Crippen LogP contribution in [0.15, 0.2) is 78.6 Å². The van der Waals surface area contributed by atoms with Gasteiger partial charge in [-0.2, -0.15) is 0 Å². The van der Waals surface area contributed by atoms with E-state index in [1.54, 1.807) is 6.20 Å². The van der Waals surface area contributed by atoms with Crippen LogP contribution in [0.1, 0.15) is 36.9 Å². The Morgan fingerprint density at radius 2 is 1.64 bits per heavy atom. The number of nitrogens with zero attached hydrogens (tertiary/aromatic N) is 1. The van der Waals surface area contributed by atoms with Crippen LogP contribution in [0, 0.1) is 0 Å². The highest BCUT2D eigenvalue weighted by atomic mass is 16.5. The lowest BCUT2D eigenvalue weighted by Crippen LogP contribution is -2.29. The minimum absolute atomic E-state index is 0.165. The topological polar surface area (TPSA) is 41.6 Å². The zero-order chi connectivity index (χ0) is 17.5. The van der Waals surface area contributed by atoms with Crippen molar-refractivity contribution < 1.29 is 9.53 Å². The first kappa shape index (κ1) is 16.9. The summed E-state index contributed by atoms with van der Waals surface area (Å²) in [6.07, 6.45) is 3.75. The van der Waals surface area contributed by atoms with Gasteiger partial charge in [-0.25, -0.2) is 4.79 Å². The number of ether oxygens (including phenoxy) is 1. The smallest absolute Gasteiger partial charge is 0.213 e. The standard InChI is InChI=1S/C21H22N2O2/c1-2-3-14-25-20-15-22-19(16-24)23(20)21(17-10-6-4-7-11-17)18-12-8-5-9-13-18/h4-13,15,21-22H,2-3,14H2,1H3. The predicted octanol–water partition coefficient (Wildman–Crippen LogP) is 3.97. The van der Waals surface area contributed by atoms with Crippen LogP contribution in [-0.2, 0) is 9.53 Å². The third-order valence-electron chi connectivity index (χ3n) is 4.14. The molecule has 0 saturated heterocycles. The van der Waals surface area contributed by atoms with E-state index in [0.717, 1.165) is 24.0 Å². The molecule has 0 spiro atoms. The second-order valence-corrected chi connectivity index (χ2v) is 5.87. The molecule has 3 rings (SSSR count). The molecular weight excluding hydrogens is 312 g/mol. The summed E-state index contributed by atoms with van der Waals surface area (Å²) in [5.74, 6) is 3.01. The molecule has 1 aliphatic rings. The molecule has 1 N–H and O–H groups in total. The molecule has 128 valence electrons. The van der Waals surface area contributed by atoms with Gasteiger partial charge in [-0.1, -0.05) is 74.0 Å². The molecule has 1 aliphatic heterocycles. The summed E-state index contributed by atoms with van der Waals surface area (Å²) in [7, 11) is 0. The zero-order valence-electron chi connectivity index (χ0n) is 14.3. The largest absolute Gasteiger partial charge is 0.478 e. The molecule has 4 heteroatoms. The third kappa shape index (κ3) is 3.76. The number of unbranched alkanes of at least 4 members (excludes halogenated alkanes) is 1. The Bertz CT molecular complexity index is 725. The molecule has 1 heterocycles. The molecule has 2 aromatic carbocycles. The second kappa shape index (κ2) is 8.22. The summed E-state index contributed by atoms with van der Waals surface area (Å²) in [6.45, 7) is 2.73. The van der Waals surface area contributed by atoms with E-state index in [2.05, 4.69) is 36.5 Å². The number of benzene rings is 2. The van der Waals surface area contributed by atoms with E-state index in [1.807, 2.05) is 47.2 Å². The van der Waals surface area contributed by atoms with Gasteiger partial charge < -0.3 is 10.1 Å². The van der Waals surface area contributed by atoms with Gasteiger partial charge in [0.15, 0.2) is 5.94 Å². The third-order valence-corrected chi connectivity index (χ3v) is 4.14. The van der Waals surface area contributed by atoms with Gasteiger partial charge in [0.1, 0.15) is 0 Å². The molecular formula is C21H22N2O2. The molecule has 0 bridgehead atoms. The summed E-state index contributed by atoms with van der Waals surface area (Å²) in [6, 6.07) is 20.0. The zero-order valence-corrected chi connectivity index (χ0v) is 14.3. The Labute approximate surface area is 148 Å². The van der Waals surface area contributed by atoms with Gasteiger partial charge >= 0.3 is 0 Å². The number of nitrogens with one attached hydrogen (secondary N) is 1. The minimum atomic E-state index is -0.165. The van der Waals surface area contributed by atoms with E-state index in [1.165, 1.54) is 0 Å². The van der Waals surface area contributed by atoms with Gasteiger partial charge in [0.2, 0.25) is 11.7 Å². The maximum atomic E-state index is 11.5. The first-order valence-electron chi connectivity index (χ1n) is 8.59. The van der Waals surface area contributed by atoms with Crippen molar-refractivity contribution in [2.45, 2.75) is 25.8 Å². The van der Waals surface area contributed by atoms with Crippen molar-refractivity contribution in [1.82, 2.24) is 10.2 Å². The second-order valence-electron chi connectivity index (χ2n) is 5.87. The minimum Gasteiger partial charge on any atom is -0.478 e. The maximum Gasteiger partial charge on any atom is 0.213 e. The lowest BCUT2D eigenvalue weighted by atomic mass is 9.97. The van der Waals surface area contributed by atoms with Gasteiger partial charge in [-0.05, 0) is 17.5 Å². The lowest BCUT2D eigenvalue weighted by molar-refractivity contribution is 0.122. The molecule has 2 aromatic rings. The predicted molar refractivity (Wildman–Crippen MR) is 97.9 cm³/mol. The van der Waals surface area contributed by atoms with Crippen LogP contribution in [0.5, 0.6) is 0 Å². The fraction of sp³-hybridized carbons (Fsp3) is 0.238. The first-order chi connectivity index (χ1) is 12.3. The molecule has 0 saturated carbocycles. The number of hydrogen-bond donors (Lipinski definition) is 1. The summed E-state index contributed by atoms with van der Waals surface area (Å²) >= 11 is 0. The normalized spacial score (nSPS) is 13.4. The molecule has 0 atom stereocenters. The van der Waals surface area contributed by atoms with Crippen molar-refractivity contribution in [2.24, 2.45) is 0 Å². The highest BCUT2D eigenvalue weighted by Crippen LogP contribution is 2.35. The molecule has 0 fully saturated rings. The SMILES string of the molecule is CCCCOC1=CNC(=C=O)N1C(c1ccccc1)c1ccccc1. The Morgan fingerprint density at radius 1 is 1.04 bits per heavy atom. The van der Waals surface area contributed by atoms with Crippen LogP contribution in [0.2, 0.25) is 0 Å². The van der Waals surface area contributed by atoms with Crippen molar-refractivity contribution >= 4 is 5.94 Å². The number of hydrogen-bond acceptors (Lipinski definition) is 4. The van der Waals surface area contributed by atoms with Gasteiger partial charge in [0.05, 0.1) is 18.8 Å². The van der Waals surface area contributed by atoms with Crippen molar-refractivity contribution in [3.05, 3.63) is 89.7 Å². The Balaban J connectivity index is 2.01. The van der Waals surface area contributed by atoms with Gasteiger partial charge in [-0.15, -0.1) is 0 Å². The van der Waals surface area contributed by atoms with Gasteiger partial charge in [0.25, 0.3) is 0 Å². The molecule has 0 aliphatic carbocycles. The van der Waals surface area contributed by atoms with Crippen LogP contribution in [0.4, 0.5) is 0 Å². The van der Waals surface area contributed by atoms with Crippen molar-refractivity contribution in [2.75, 3.05) is 6.61 Å². The lowest BCUT2D eigenvalue weighted by Gasteiger charge is -2.31. The Hall–Kier alpha value is -2.97. The number of rotatable bonds is 7. The highest BCUT2D eigenvalue weighted by molar-refractivity contribution is 5.55. The van der Waals surface area contributed by atoms with Gasteiger partial charge in [-0.3, -0.25) is 4.90 Å². The highest BCUT2D eigenvalue weighted by Gasteiger charge is 2.32. The summed E-state index contributed by atoms with van der Waals surface area (Å²) in [4.78, 5) is 13.4.